The number of nitrogens with zero attached hydrogens (tertiary/aromatic N) is 1. The maximum Gasteiger partial charge on any atom is 0.165 e. The summed E-state index contributed by atoms with van der Waals surface area (Å²) in [5.74, 6) is -0.0867. The minimum atomic E-state index is -0.346. The fourth-order valence-electron chi connectivity index (χ4n) is 2.39. The quantitative estimate of drug-likeness (QED) is 0.741. The monoisotopic (exact) mass is 270 g/mol. The van der Waals surface area contributed by atoms with Crippen molar-refractivity contribution >= 4 is 16.6 Å². The summed E-state index contributed by atoms with van der Waals surface area (Å²) < 4.78 is 20.7. The lowest BCUT2D eigenvalue weighted by Gasteiger charge is -2.08. The molecule has 0 aliphatic rings. The van der Waals surface area contributed by atoms with E-state index in [0.29, 0.717) is 6.54 Å². The second-order valence-corrected chi connectivity index (χ2v) is 4.69. The van der Waals surface area contributed by atoms with Crippen LogP contribution in [0.1, 0.15) is 5.56 Å². The Morgan fingerprint density at radius 3 is 2.80 bits per heavy atom. The molecule has 3 aromatic rings. The first-order valence-electron chi connectivity index (χ1n) is 6.35. The highest BCUT2D eigenvalue weighted by atomic mass is 19.1. The zero-order chi connectivity index (χ0) is 14.1. The molecule has 0 saturated heterocycles. The standard InChI is InChI=1S/C16H15FN2O/c1-20-16-6-5-11(9-13(16)17)10-19-8-7-12-14(18)3-2-4-15(12)19/h2-9H,10,18H2,1H3. The van der Waals surface area contributed by atoms with Crippen LogP contribution in [0.2, 0.25) is 0 Å². The number of nitrogen functional groups attached to an aromatic ring is 1. The van der Waals surface area contributed by atoms with Gasteiger partial charge in [0.25, 0.3) is 0 Å². The van der Waals surface area contributed by atoms with Gasteiger partial charge >= 0.3 is 0 Å². The van der Waals surface area contributed by atoms with Crippen LogP contribution in [0.15, 0.2) is 48.7 Å². The smallest absolute Gasteiger partial charge is 0.165 e. The molecule has 0 radical (unpaired) electrons. The lowest BCUT2D eigenvalue weighted by atomic mass is 10.2. The van der Waals surface area contributed by atoms with Crippen molar-refractivity contribution in [2.75, 3.05) is 12.8 Å². The molecule has 0 saturated carbocycles. The van der Waals surface area contributed by atoms with E-state index in [-0.39, 0.29) is 11.6 Å². The van der Waals surface area contributed by atoms with Gasteiger partial charge in [-0.2, -0.15) is 0 Å². The van der Waals surface area contributed by atoms with Crippen LogP contribution in [0.25, 0.3) is 10.9 Å². The average molecular weight is 270 g/mol. The Labute approximate surface area is 116 Å². The summed E-state index contributed by atoms with van der Waals surface area (Å²) in [7, 11) is 1.46. The third-order valence-electron chi connectivity index (χ3n) is 3.42. The maximum atomic E-state index is 13.7. The molecule has 1 heterocycles. The number of ether oxygens (including phenoxy) is 1. The van der Waals surface area contributed by atoms with Gasteiger partial charge in [-0.1, -0.05) is 12.1 Å². The Balaban J connectivity index is 1.97. The number of rotatable bonds is 3. The van der Waals surface area contributed by atoms with Crippen molar-refractivity contribution in [1.29, 1.82) is 0 Å². The largest absolute Gasteiger partial charge is 0.494 e. The van der Waals surface area contributed by atoms with Gasteiger partial charge in [0, 0.05) is 23.8 Å². The van der Waals surface area contributed by atoms with Crippen LogP contribution < -0.4 is 10.5 Å². The molecule has 0 fully saturated rings. The van der Waals surface area contributed by atoms with E-state index in [1.54, 1.807) is 6.07 Å². The zero-order valence-electron chi connectivity index (χ0n) is 11.1. The number of anilines is 1. The average Bonchev–Trinajstić information content (AvgIpc) is 2.84. The van der Waals surface area contributed by atoms with Crippen LogP contribution in [-0.2, 0) is 6.54 Å². The van der Waals surface area contributed by atoms with Crippen molar-refractivity contribution in [3.8, 4) is 5.75 Å². The third-order valence-corrected chi connectivity index (χ3v) is 3.42. The summed E-state index contributed by atoms with van der Waals surface area (Å²) in [5, 5.41) is 1.02. The van der Waals surface area contributed by atoms with E-state index in [1.165, 1.54) is 13.2 Å². The summed E-state index contributed by atoms with van der Waals surface area (Å²) in [5.41, 5.74) is 8.61. The number of benzene rings is 2. The summed E-state index contributed by atoms with van der Waals surface area (Å²) in [4.78, 5) is 0. The van der Waals surface area contributed by atoms with Gasteiger partial charge < -0.3 is 15.0 Å². The maximum absolute atomic E-state index is 13.7. The van der Waals surface area contributed by atoms with Crippen LogP contribution in [-0.4, -0.2) is 11.7 Å². The first-order chi connectivity index (χ1) is 9.69. The van der Waals surface area contributed by atoms with Gasteiger partial charge in [-0.05, 0) is 35.9 Å². The molecule has 1 aromatic heterocycles. The van der Waals surface area contributed by atoms with Crippen molar-refractivity contribution in [2.45, 2.75) is 6.54 Å². The van der Waals surface area contributed by atoms with Crippen LogP contribution in [0.4, 0.5) is 10.1 Å². The van der Waals surface area contributed by atoms with E-state index in [4.69, 9.17) is 10.5 Å². The predicted molar refractivity (Wildman–Crippen MR) is 78.4 cm³/mol. The Kier molecular flexibility index (Phi) is 3.06. The van der Waals surface area contributed by atoms with Gasteiger partial charge in [0.15, 0.2) is 11.6 Å². The van der Waals surface area contributed by atoms with Crippen LogP contribution >= 0.6 is 0 Å². The van der Waals surface area contributed by atoms with Gasteiger partial charge in [0.1, 0.15) is 0 Å². The number of hydrogen-bond acceptors (Lipinski definition) is 2. The number of hydrogen-bond donors (Lipinski definition) is 1. The van der Waals surface area contributed by atoms with E-state index in [9.17, 15) is 4.39 Å². The summed E-state index contributed by atoms with van der Waals surface area (Å²) >= 11 is 0. The van der Waals surface area contributed by atoms with Gasteiger partial charge in [-0.3, -0.25) is 0 Å². The Morgan fingerprint density at radius 1 is 1.20 bits per heavy atom. The minimum absolute atomic E-state index is 0.260. The molecule has 0 spiro atoms. The Hall–Kier alpha value is -2.49. The third kappa shape index (κ3) is 2.09. The molecule has 0 bridgehead atoms. The van der Waals surface area contributed by atoms with E-state index < -0.39 is 0 Å². The summed E-state index contributed by atoms with van der Waals surface area (Å²) in [6.07, 6.45) is 1.96. The molecule has 3 nitrogen and oxygen atoms in total. The zero-order valence-corrected chi connectivity index (χ0v) is 11.1. The van der Waals surface area contributed by atoms with Gasteiger partial charge in [-0.25, -0.2) is 4.39 Å². The van der Waals surface area contributed by atoms with Crippen LogP contribution in [0.3, 0.4) is 0 Å². The summed E-state index contributed by atoms with van der Waals surface area (Å²) in [6, 6.07) is 12.8. The molecular weight excluding hydrogens is 255 g/mol. The summed E-state index contributed by atoms with van der Waals surface area (Å²) in [6.45, 7) is 0.591. The van der Waals surface area contributed by atoms with E-state index in [0.717, 1.165) is 22.2 Å². The molecule has 102 valence electrons. The van der Waals surface area contributed by atoms with E-state index >= 15 is 0 Å². The van der Waals surface area contributed by atoms with Crippen molar-refractivity contribution < 1.29 is 9.13 Å². The van der Waals surface area contributed by atoms with Gasteiger partial charge in [0.05, 0.1) is 12.6 Å². The fourth-order valence-corrected chi connectivity index (χ4v) is 2.39. The molecule has 2 aromatic carbocycles. The first-order valence-corrected chi connectivity index (χ1v) is 6.35. The molecule has 0 atom stereocenters. The number of fused-ring (bicyclic) bond motifs is 1. The number of aromatic nitrogens is 1. The van der Waals surface area contributed by atoms with Gasteiger partial charge in [-0.15, -0.1) is 0 Å². The Bertz CT molecular complexity index is 764. The molecule has 0 aliphatic carbocycles. The molecule has 4 heteroatoms. The normalized spacial score (nSPS) is 10.9. The Morgan fingerprint density at radius 2 is 2.05 bits per heavy atom. The molecule has 0 aliphatic heterocycles. The van der Waals surface area contributed by atoms with Crippen LogP contribution in [0, 0.1) is 5.82 Å². The van der Waals surface area contributed by atoms with E-state index in [2.05, 4.69) is 0 Å². The molecule has 2 N–H and O–H groups in total. The molecule has 0 amide bonds. The van der Waals surface area contributed by atoms with Gasteiger partial charge in [0.2, 0.25) is 0 Å². The highest BCUT2D eigenvalue weighted by molar-refractivity contribution is 5.91. The molecule has 3 rings (SSSR count). The van der Waals surface area contributed by atoms with Crippen LogP contribution in [0.5, 0.6) is 5.75 Å². The lowest BCUT2D eigenvalue weighted by Crippen LogP contribution is -1.99. The van der Waals surface area contributed by atoms with E-state index in [1.807, 2.05) is 41.1 Å². The molecule has 20 heavy (non-hydrogen) atoms. The van der Waals surface area contributed by atoms with Crippen molar-refractivity contribution in [1.82, 2.24) is 4.57 Å². The fraction of sp³-hybridized carbons (Fsp3) is 0.125. The highest BCUT2D eigenvalue weighted by Gasteiger charge is 2.07. The lowest BCUT2D eigenvalue weighted by molar-refractivity contribution is 0.386. The van der Waals surface area contributed by atoms with Crippen molar-refractivity contribution in [2.24, 2.45) is 0 Å². The second-order valence-electron chi connectivity index (χ2n) is 4.69. The van der Waals surface area contributed by atoms with Crippen molar-refractivity contribution in [3.63, 3.8) is 0 Å². The SMILES string of the molecule is COc1ccc(Cn2ccc3c(N)cccc32)cc1F. The first kappa shape index (κ1) is 12.5. The predicted octanol–water partition coefficient (Wildman–Crippen LogP) is 3.42. The molecule has 0 unspecified atom stereocenters. The number of nitrogens with two attached hydrogens (primary N) is 1. The number of methoxy groups -OCH3 is 1. The minimum Gasteiger partial charge on any atom is -0.494 e. The second kappa shape index (κ2) is 4.89. The van der Waals surface area contributed by atoms with Crippen molar-refractivity contribution in [3.05, 3.63) is 60.0 Å². The number of halogens is 1. The highest BCUT2D eigenvalue weighted by Crippen LogP contribution is 2.24. The topological polar surface area (TPSA) is 40.2 Å². The molecular formula is C16H15FN2O.